The van der Waals surface area contributed by atoms with E-state index in [-0.39, 0.29) is 5.91 Å². The standard InChI is InChI=1S/C13H16N4O/c1-17-8-12(16-9-17)13(18)15-7-6-10-2-4-11(14)5-3-10/h2-5,8-9H,6-7,14H2,1H3,(H,15,18). The second-order valence-electron chi connectivity index (χ2n) is 4.17. The summed E-state index contributed by atoms with van der Waals surface area (Å²) in [6.45, 7) is 0.583. The van der Waals surface area contributed by atoms with E-state index in [2.05, 4.69) is 10.3 Å². The van der Waals surface area contributed by atoms with Crippen LogP contribution in [0.15, 0.2) is 36.8 Å². The molecule has 0 unspecified atom stereocenters. The average molecular weight is 244 g/mol. The van der Waals surface area contributed by atoms with E-state index in [9.17, 15) is 4.79 Å². The zero-order valence-electron chi connectivity index (χ0n) is 10.3. The zero-order valence-corrected chi connectivity index (χ0v) is 10.3. The van der Waals surface area contributed by atoms with Gasteiger partial charge in [0.2, 0.25) is 0 Å². The molecule has 1 aromatic carbocycles. The molecule has 1 aromatic heterocycles. The highest BCUT2D eigenvalue weighted by atomic mass is 16.1. The molecule has 2 aromatic rings. The average Bonchev–Trinajstić information content (AvgIpc) is 2.78. The number of anilines is 1. The Morgan fingerprint density at radius 2 is 2.11 bits per heavy atom. The molecule has 0 aliphatic rings. The largest absolute Gasteiger partial charge is 0.399 e. The molecule has 0 radical (unpaired) electrons. The number of benzene rings is 1. The van der Waals surface area contributed by atoms with E-state index in [1.165, 1.54) is 0 Å². The summed E-state index contributed by atoms with van der Waals surface area (Å²) in [6.07, 6.45) is 4.08. The lowest BCUT2D eigenvalue weighted by Crippen LogP contribution is -2.25. The minimum Gasteiger partial charge on any atom is -0.399 e. The first-order valence-electron chi connectivity index (χ1n) is 5.76. The van der Waals surface area contributed by atoms with Crippen LogP contribution < -0.4 is 11.1 Å². The minimum atomic E-state index is -0.147. The Balaban J connectivity index is 1.82. The summed E-state index contributed by atoms with van der Waals surface area (Å²) in [4.78, 5) is 15.7. The summed E-state index contributed by atoms with van der Waals surface area (Å²) in [7, 11) is 1.83. The summed E-state index contributed by atoms with van der Waals surface area (Å²) in [6, 6.07) is 7.64. The van der Waals surface area contributed by atoms with E-state index in [1.807, 2.05) is 31.3 Å². The van der Waals surface area contributed by atoms with E-state index in [1.54, 1.807) is 17.1 Å². The van der Waals surface area contributed by atoms with Gasteiger partial charge < -0.3 is 15.6 Å². The summed E-state index contributed by atoms with van der Waals surface area (Å²) < 4.78 is 1.74. The number of nitrogen functional groups attached to an aromatic ring is 1. The van der Waals surface area contributed by atoms with Crippen LogP contribution in [0.1, 0.15) is 16.1 Å². The number of aromatic nitrogens is 2. The lowest BCUT2D eigenvalue weighted by atomic mass is 10.1. The summed E-state index contributed by atoms with van der Waals surface area (Å²) in [5.41, 5.74) is 7.93. The van der Waals surface area contributed by atoms with E-state index >= 15 is 0 Å². The molecule has 0 aliphatic carbocycles. The van der Waals surface area contributed by atoms with Crippen molar-refractivity contribution in [2.75, 3.05) is 12.3 Å². The highest BCUT2D eigenvalue weighted by molar-refractivity contribution is 5.91. The van der Waals surface area contributed by atoms with Gasteiger partial charge in [-0.1, -0.05) is 12.1 Å². The molecule has 5 nitrogen and oxygen atoms in total. The number of nitrogens with two attached hydrogens (primary N) is 1. The Kier molecular flexibility index (Phi) is 3.62. The van der Waals surface area contributed by atoms with Gasteiger partial charge in [-0.15, -0.1) is 0 Å². The fourth-order valence-electron chi connectivity index (χ4n) is 1.63. The molecule has 0 saturated heterocycles. The maximum Gasteiger partial charge on any atom is 0.271 e. The number of imidazole rings is 1. The quantitative estimate of drug-likeness (QED) is 0.787. The molecule has 3 N–H and O–H groups in total. The Labute approximate surface area is 106 Å². The first-order chi connectivity index (χ1) is 8.65. The van der Waals surface area contributed by atoms with Gasteiger partial charge >= 0.3 is 0 Å². The van der Waals surface area contributed by atoms with Gasteiger partial charge in [-0.05, 0) is 24.1 Å². The molecule has 18 heavy (non-hydrogen) atoms. The van der Waals surface area contributed by atoms with Crippen LogP contribution in [0.5, 0.6) is 0 Å². The molecule has 2 rings (SSSR count). The summed E-state index contributed by atoms with van der Waals surface area (Å²) >= 11 is 0. The number of aryl methyl sites for hydroxylation is 1. The van der Waals surface area contributed by atoms with Crippen LogP contribution in [0, 0.1) is 0 Å². The van der Waals surface area contributed by atoms with Crippen molar-refractivity contribution in [1.29, 1.82) is 0 Å². The fourth-order valence-corrected chi connectivity index (χ4v) is 1.63. The van der Waals surface area contributed by atoms with Crippen molar-refractivity contribution in [3.8, 4) is 0 Å². The molecule has 0 spiro atoms. The number of hydrogen-bond acceptors (Lipinski definition) is 3. The van der Waals surface area contributed by atoms with Crippen molar-refractivity contribution in [2.45, 2.75) is 6.42 Å². The van der Waals surface area contributed by atoms with Gasteiger partial charge in [0.15, 0.2) is 0 Å². The van der Waals surface area contributed by atoms with Crippen LogP contribution in [-0.2, 0) is 13.5 Å². The number of carbonyl (C=O) groups is 1. The van der Waals surface area contributed by atoms with E-state index < -0.39 is 0 Å². The third kappa shape index (κ3) is 3.10. The third-order valence-electron chi connectivity index (χ3n) is 2.62. The fraction of sp³-hybridized carbons (Fsp3) is 0.231. The van der Waals surface area contributed by atoms with Crippen molar-refractivity contribution in [3.63, 3.8) is 0 Å². The summed E-state index contributed by atoms with van der Waals surface area (Å²) in [5, 5.41) is 2.83. The predicted molar refractivity (Wildman–Crippen MR) is 70.1 cm³/mol. The molecule has 1 amide bonds. The van der Waals surface area contributed by atoms with Crippen LogP contribution >= 0.6 is 0 Å². The second kappa shape index (κ2) is 5.35. The van der Waals surface area contributed by atoms with Gasteiger partial charge in [0, 0.05) is 25.5 Å². The lowest BCUT2D eigenvalue weighted by Gasteiger charge is -2.04. The zero-order chi connectivity index (χ0) is 13.0. The Morgan fingerprint density at radius 1 is 1.39 bits per heavy atom. The predicted octanol–water partition coefficient (Wildman–Crippen LogP) is 0.975. The van der Waals surface area contributed by atoms with Crippen molar-refractivity contribution in [3.05, 3.63) is 48.0 Å². The van der Waals surface area contributed by atoms with Crippen molar-refractivity contribution in [1.82, 2.24) is 14.9 Å². The lowest BCUT2D eigenvalue weighted by molar-refractivity contribution is 0.0949. The van der Waals surface area contributed by atoms with Crippen molar-refractivity contribution < 1.29 is 4.79 Å². The Bertz CT molecular complexity index is 530. The normalized spacial score (nSPS) is 10.3. The van der Waals surface area contributed by atoms with E-state index in [0.717, 1.165) is 17.7 Å². The van der Waals surface area contributed by atoms with Gasteiger partial charge in [0.05, 0.1) is 6.33 Å². The van der Waals surface area contributed by atoms with Crippen LogP contribution in [-0.4, -0.2) is 22.0 Å². The highest BCUT2D eigenvalue weighted by Crippen LogP contribution is 2.05. The number of nitrogens with one attached hydrogen (secondary N) is 1. The molecule has 0 aliphatic heterocycles. The van der Waals surface area contributed by atoms with Gasteiger partial charge in [-0.2, -0.15) is 0 Å². The topological polar surface area (TPSA) is 72.9 Å². The maximum absolute atomic E-state index is 11.7. The van der Waals surface area contributed by atoms with Crippen LogP contribution in [0.4, 0.5) is 5.69 Å². The molecule has 1 heterocycles. The number of nitrogens with zero attached hydrogens (tertiary/aromatic N) is 2. The molecule has 94 valence electrons. The summed E-state index contributed by atoms with van der Waals surface area (Å²) in [5.74, 6) is -0.147. The van der Waals surface area contributed by atoms with Crippen LogP contribution in [0.3, 0.4) is 0 Å². The first kappa shape index (κ1) is 12.2. The molecular formula is C13H16N4O. The molecular weight excluding hydrogens is 228 g/mol. The Morgan fingerprint density at radius 3 is 2.72 bits per heavy atom. The number of hydrogen-bond donors (Lipinski definition) is 2. The molecule has 0 fully saturated rings. The van der Waals surface area contributed by atoms with Crippen molar-refractivity contribution >= 4 is 11.6 Å². The molecule has 0 atom stereocenters. The number of carbonyl (C=O) groups excluding carboxylic acids is 1. The smallest absolute Gasteiger partial charge is 0.271 e. The van der Waals surface area contributed by atoms with E-state index in [4.69, 9.17) is 5.73 Å². The SMILES string of the molecule is Cn1cnc(C(=O)NCCc2ccc(N)cc2)c1. The van der Waals surface area contributed by atoms with Gasteiger partial charge in [0.25, 0.3) is 5.91 Å². The Hall–Kier alpha value is -2.30. The first-order valence-corrected chi connectivity index (χ1v) is 5.76. The minimum absolute atomic E-state index is 0.147. The maximum atomic E-state index is 11.7. The van der Waals surface area contributed by atoms with Crippen LogP contribution in [0.25, 0.3) is 0 Å². The molecule has 0 bridgehead atoms. The van der Waals surface area contributed by atoms with Gasteiger partial charge in [-0.3, -0.25) is 4.79 Å². The van der Waals surface area contributed by atoms with Crippen molar-refractivity contribution in [2.24, 2.45) is 7.05 Å². The second-order valence-corrected chi connectivity index (χ2v) is 4.17. The van der Waals surface area contributed by atoms with Gasteiger partial charge in [0.1, 0.15) is 5.69 Å². The van der Waals surface area contributed by atoms with E-state index in [0.29, 0.717) is 12.2 Å². The monoisotopic (exact) mass is 244 g/mol. The molecule has 0 saturated carbocycles. The van der Waals surface area contributed by atoms with Crippen LogP contribution in [0.2, 0.25) is 0 Å². The third-order valence-corrected chi connectivity index (χ3v) is 2.62. The highest BCUT2D eigenvalue weighted by Gasteiger charge is 2.07. The number of rotatable bonds is 4. The van der Waals surface area contributed by atoms with Gasteiger partial charge in [-0.25, -0.2) is 4.98 Å². The molecule has 5 heteroatoms. The number of amides is 1.